The molecule has 0 saturated carbocycles. The maximum absolute atomic E-state index is 11.9. The monoisotopic (exact) mass is 492 g/mol. The summed E-state index contributed by atoms with van der Waals surface area (Å²) in [6.07, 6.45) is 0. The van der Waals surface area contributed by atoms with Crippen LogP contribution in [0.2, 0.25) is 10.0 Å². The van der Waals surface area contributed by atoms with Gasteiger partial charge in [0.1, 0.15) is 0 Å². The summed E-state index contributed by atoms with van der Waals surface area (Å²) in [6, 6.07) is 13.3. The summed E-state index contributed by atoms with van der Waals surface area (Å²) in [7, 11) is 0. The second-order valence-electron chi connectivity index (χ2n) is 4.93. The van der Waals surface area contributed by atoms with Crippen LogP contribution in [0.25, 0.3) is 0 Å². The van der Waals surface area contributed by atoms with Crippen LogP contribution in [0.3, 0.4) is 0 Å². The van der Waals surface area contributed by atoms with E-state index in [0.29, 0.717) is 15.8 Å². The third kappa shape index (κ3) is 5.95. The Morgan fingerprint density at radius 2 is 1.79 bits per heavy atom. The van der Waals surface area contributed by atoms with Crippen molar-refractivity contribution < 1.29 is 4.79 Å². The summed E-state index contributed by atoms with van der Waals surface area (Å²) in [4.78, 5) is 11.9. The highest BCUT2D eigenvalue weighted by atomic mass is 127. The number of rotatable bonds is 6. The van der Waals surface area contributed by atoms with Crippen molar-refractivity contribution in [2.24, 2.45) is 5.10 Å². The first-order chi connectivity index (χ1) is 11.5. The molecule has 0 saturated heterocycles. The number of nitrogens with zero attached hydrogens (tertiary/aromatic N) is 1. The Balaban J connectivity index is 1.83. The average Bonchev–Trinajstić information content (AvgIpc) is 2.56. The minimum atomic E-state index is -0.159. The molecule has 0 atom stereocenters. The van der Waals surface area contributed by atoms with Gasteiger partial charge in [-0.3, -0.25) is 4.79 Å². The van der Waals surface area contributed by atoms with E-state index in [4.69, 9.17) is 23.2 Å². The number of thioether (sulfide) groups is 1. The molecule has 0 bridgehead atoms. The van der Waals surface area contributed by atoms with Gasteiger partial charge in [-0.15, -0.1) is 11.8 Å². The van der Waals surface area contributed by atoms with Crippen LogP contribution in [-0.2, 0) is 10.5 Å². The number of hydrogen-bond acceptors (Lipinski definition) is 3. The minimum Gasteiger partial charge on any atom is -0.272 e. The topological polar surface area (TPSA) is 41.5 Å². The summed E-state index contributed by atoms with van der Waals surface area (Å²) in [5, 5.41) is 5.36. The number of halogens is 3. The lowest BCUT2D eigenvalue weighted by atomic mass is 10.1. The van der Waals surface area contributed by atoms with Crippen molar-refractivity contribution >= 4 is 69.2 Å². The van der Waals surface area contributed by atoms with Crippen LogP contribution < -0.4 is 5.43 Å². The standard InChI is InChI=1S/C17H15Cl2IN2OS/c1-11(12-5-7-13(20)8-6-12)21-22-17(23)10-24-9-14-15(18)3-2-4-16(14)19/h2-8H,9-10H2,1H3,(H,22,23)/b21-11-. The largest absolute Gasteiger partial charge is 0.272 e. The molecule has 0 unspecified atom stereocenters. The molecule has 0 aliphatic heterocycles. The van der Waals surface area contributed by atoms with E-state index in [1.165, 1.54) is 11.8 Å². The van der Waals surface area contributed by atoms with Gasteiger partial charge in [-0.25, -0.2) is 5.43 Å². The van der Waals surface area contributed by atoms with Crippen molar-refractivity contribution in [1.29, 1.82) is 0 Å². The molecule has 0 aromatic heterocycles. The van der Waals surface area contributed by atoms with Gasteiger partial charge in [0.25, 0.3) is 0 Å². The number of benzene rings is 2. The SMILES string of the molecule is C/C(=N/NC(=O)CSCc1c(Cl)cccc1Cl)c1ccc(I)cc1. The summed E-state index contributed by atoms with van der Waals surface area (Å²) in [5.41, 5.74) is 5.16. The highest BCUT2D eigenvalue weighted by Gasteiger charge is 2.07. The van der Waals surface area contributed by atoms with Crippen molar-refractivity contribution in [1.82, 2.24) is 5.43 Å². The van der Waals surface area contributed by atoms with Crippen molar-refractivity contribution in [3.63, 3.8) is 0 Å². The predicted molar refractivity (Wildman–Crippen MR) is 112 cm³/mol. The third-order valence-corrected chi connectivity index (χ3v) is 5.54. The fourth-order valence-electron chi connectivity index (χ4n) is 1.85. The molecular weight excluding hydrogens is 478 g/mol. The van der Waals surface area contributed by atoms with Crippen LogP contribution >= 0.6 is 57.6 Å². The quantitative estimate of drug-likeness (QED) is 0.334. The van der Waals surface area contributed by atoms with Gasteiger partial charge in [0.2, 0.25) is 5.91 Å². The molecule has 0 fully saturated rings. The molecule has 0 aliphatic carbocycles. The lowest BCUT2D eigenvalue weighted by Gasteiger charge is -2.06. The van der Waals surface area contributed by atoms with Crippen LogP contribution in [0.4, 0.5) is 0 Å². The van der Waals surface area contributed by atoms with Crippen molar-refractivity contribution in [3.05, 3.63) is 67.2 Å². The lowest BCUT2D eigenvalue weighted by molar-refractivity contribution is -0.118. The molecule has 0 aliphatic rings. The first kappa shape index (κ1) is 19.6. The smallest absolute Gasteiger partial charge is 0.250 e. The Hall–Kier alpha value is -0.760. The van der Waals surface area contributed by atoms with E-state index < -0.39 is 0 Å². The number of nitrogens with one attached hydrogen (secondary N) is 1. The molecular formula is C17H15Cl2IN2OS. The minimum absolute atomic E-state index is 0.159. The van der Waals surface area contributed by atoms with E-state index in [2.05, 4.69) is 33.1 Å². The molecule has 7 heteroatoms. The molecule has 1 amide bonds. The van der Waals surface area contributed by atoms with Gasteiger partial charge in [-0.2, -0.15) is 5.10 Å². The van der Waals surface area contributed by atoms with Gasteiger partial charge in [-0.1, -0.05) is 41.4 Å². The molecule has 2 aromatic rings. The normalized spacial score (nSPS) is 11.4. The van der Waals surface area contributed by atoms with Crippen LogP contribution in [0.1, 0.15) is 18.1 Å². The number of amides is 1. The van der Waals surface area contributed by atoms with Crippen LogP contribution in [-0.4, -0.2) is 17.4 Å². The Morgan fingerprint density at radius 3 is 2.42 bits per heavy atom. The van der Waals surface area contributed by atoms with E-state index in [0.717, 1.165) is 20.4 Å². The van der Waals surface area contributed by atoms with E-state index in [9.17, 15) is 4.79 Å². The van der Waals surface area contributed by atoms with Crippen LogP contribution in [0.5, 0.6) is 0 Å². The van der Waals surface area contributed by atoms with Crippen molar-refractivity contribution in [2.45, 2.75) is 12.7 Å². The van der Waals surface area contributed by atoms with Crippen molar-refractivity contribution in [2.75, 3.05) is 5.75 Å². The Morgan fingerprint density at radius 1 is 1.17 bits per heavy atom. The van der Waals surface area contributed by atoms with Crippen LogP contribution in [0, 0.1) is 3.57 Å². The number of carbonyl (C=O) groups is 1. The van der Waals surface area contributed by atoms with Crippen molar-refractivity contribution in [3.8, 4) is 0 Å². The summed E-state index contributed by atoms with van der Waals surface area (Å²) >= 11 is 15.9. The molecule has 3 nitrogen and oxygen atoms in total. The Kier molecular flexibility index (Phi) is 7.87. The molecule has 0 radical (unpaired) electrons. The number of hydrogen-bond donors (Lipinski definition) is 1. The lowest BCUT2D eigenvalue weighted by Crippen LogP contribution is -2.21. The zero-order valence-corrected chi connectivity index (χ0v) is 17.3. The maximum atomic E-state index is 11.9. The van der Waals surface area contributed by atoms with Gasteiger partial charge in [-0.05, 0) is 64.9 Å². The summed E-state index contributed by atoms with van der Waals surface area (Å²) in [5.74, 6) is 0.699. The summed E-state index contributed by atoms with van der Waals surface area (Å²) in [6.45, 7) is 1.86. The average molecular weight is 493 g/mol. The summed E-state index contributed by atoms with van der Waals surface area (Å²) < 4.78 is 1.16. The van der Waals surface area contributed by atoms with Gasteiger partial charge in [0.15, 0.2) is 0 Å². The first-order valence-corrected chi connectivity index (χ1v) is 10.1. The molecule has 0 spiro atoms. The molecule has 2 aromatic carbocycles. The Labute approximate surface area is 169 Å². The maximum Gasteiger partial charge on any atom is 0.250 e. The molecule has 126 valence electrons. The van der Waals surface area contributed by atoms with Gasteiger partial charge in [0.05, 0.1) is 11.5 Å². The highest BCUT2D eigenvalue weighted by Crippen LogP contribution is 2.28. The van der Waals surface area contributed by atoms with Gasteiger partial charge in [0, 0.05) is 19.4 Å². The van der Waals surface area contributed by atoms with Crippen LogP contribution in [0.15, 0.2) is 47.6 Å². The molecule has 24 heavy (non-hydrogen) atoms. The Bertz CT molecular complexity index is 731. The number of hydrazone groups is 1. The first-order valence-electron chi connectivity index (χ1n) is 7.07. The van der Waals surface area contributed by atoms with Gasteiger partial charge >= 0.3 is 0 Å². The van der Waals surface area contributed by atoms with E-state index in [-0.39, 0.29) is 11.7 Å². The van der Waals surface area contributed by atoms with E-state index in [1.807, 2.05) is 31.2 Å². The fourth-order valence-corrected chi connectivity index (χ4v) is 3.77. The molecule has 1 N–H and O–H groups in total. The molecule has 0 heterocycles. The second kappa shape index (κ2) is 9.65. The highest BCUT2D eigenvalue weighted by molar-refractivity contribution is 14.1. The fraction of sp³-hybridized carbons (Fsp3) is 0.176. The second-order valence-corrected chi connectivity index (χ2v) is 7.98. The van der Waals surface area contributed by atoms with E-state index >= 15 is 0 Å². The third-order valence-electron chi connectivity index (χ3n) is 3.15. The zero-order valence-electron chi connectivity index (χ0n) is 12.9. The predicted octanol–water partition coefficient (Wildman–Crippen LogP) is 5.37. The molecule has 2 rings (SSSR count). The van der Waals surface area contributed by atoms with E-state index in [1.54, 1.807) is 18.2 Å². The zero-order chi connectivity index (χ0) is 17.5. The number of carbonyl (C=O) groups excluding carboxylic acids is 1. The van der Waals surface area contributed by atoms with Gasteiger partial charge < -0.3 is 0 Å².